The van der Waals surface area contributed by atoms with Gasteiger partial charge in [-0.1, -0.05) is 34.1 Å². The molecule has 0 aromatic carbocycles. The molecule has 14 heavy (non-hydrogen) atoms. The summed E-state index contributed by atoms with van der Waals surface area (Å²) in [5.74, 6) is 2.55. The average Bonchev–Trinajstić information content (AvgIpc) is 2.47. The third kappa shape index (κ3) is 2.13. The molecule has 1 rings (SSSR count). The molecule has 1 aliphatic heterocycles. The number of hydrogen-bond donors (Lipinski definition) is 0. The van der Waals surface area contributed by atoms with Crippen LogP contribution in [0.3, 0.4) is 0 Å². The highest BCUT2D eigenvalue weighted by Crippen LogP contribution is 2.34. The summed E-state index contributed by atoms with van der Waals surface area (Å²) in [5, 5.41) is 0. The van der Waals surface area contributed by atoms with Gasteiger partial charge in [0.15, 0.2) is 0 Å². The molecule has 2 atom stereocenters. The summed E-state index contributed by atoms with van der Waals surface area (Å²) in [7, 11) is 0. The molecule has 0 amide bonds. The molecule has 1 nitrogen and oxygen atoms in total. The summed E-state index contributed by atoms with van der Waals surface area (Å²) in [5.41, 5.74) is 0.373. The van der Waals surface area contributed by atoms with Crippen LogP contribution >= 0.6 is 0 Å². The zero-order valence-corrected chi connectivity index (χ0v) is 10.8. The lowest BCUT2D eigenvalue weighted by Gasteiger charge is -2.39. The van der Waals surface area contributed by atoms with E-state index in [1.807, 2.05) is 0 Å². The molecule has 0 spiro atoms. The van der Waals surface area contributed by atoms with Crippen LogP contribution in [0.2, 0.25) is 0 Å². The van der Waals surface area contributed by atoms with Crippen LogP contribution in [0, 0.1) is 17.8 Å². The van der Waals surface area contributed by atoms with E-state index in [9.17, 15) is 0 Å². The topological polar surface area (TPSA) is 3.24 Å². The van der Waals surface area contributed by atoms with E-state index in [0.29, 0.717) is 5.54 Å². The van der Waals surface area contributed by atoms with Crippen molar-refractivity contribution < 1.29 is 0 Å². The molecule has 0 N–H and O–H groups in total. The van der Waals surface area contributed by atoms with Crippen LogP contribution in [-0.2, 0) is 0 Å². The van der Waals surface area contributed by atoms with E-state index in [1.54, 1.807) is 0 Å². The Hall–Kier alpha value is -0.0400. The molecular weight excluding hydrogens is 170 g/mol. The number of rotatable bonds is 3. The summed E-state index contributed by atoms with van der Waals surface area (Å²) in [4.78, 5) is 2.69. The SMILES string of the molecule is CCC1CN(C(C)(C)C(C)C)CC1C. The molecule has 0 bridgehead atoms. The van der Waals surface area contributed by atoms with Crippen molar-refractivity contribution in [2.24, 2.45) is 17.8 Å². The number of likely N-dealkylation sites (tertiary alicyclic amines) is 1. The van der Waals surface area contributed by atoms with Crippen molar-refractivity contribution in [3.63, 3.8) is 0 Å². The van der Waals surface area contributed by atoms with Crippen molar-refractivity contribution in [3.05, 3.63) is 0 Å². The molecule has 2 unspecified atom stereocenters. The molecule has 0 radical (unpaired) electrons. The van der Waals surface area contributed by atoms with E-state index in [4.69, 9.17) is 0 Å². The maximum atomic E-state index is 2.69. The fraction of sp³-hybridized carbons (Fsp3) is 1.00. The van der Waals surface area contributed by atoms with E-state index in [-0.39, 0.29) is 0 Å². The molecule has 1 heterocycles. The van der Waals surface area contributed by atoms with Gasteiger partial charge >= 0.3 is 0 Å². The predicted octanol–water partition coefficient (Wildman–Crippen LogP) is 3.40. The van der Waals surface area contributed by atoms with Crippen molar-refractivity contribution in [1.29, 1.82) is 0 Å². The van der Waals surface area contributed by atoms with E-state index >= 15 is 0 Å². The van der Waals surface area contributed by atoms with Gasteiger partial charge in [-0.05, 0) is 31.6 Å². The normalized spacial score (nSPS) is 30.2. The quantitative estimate of drug-likeness (QED) is 0.670. The Morgan fingerprint density at radius 1 is 1.29 bits per heavy atom. The molecule has 0 aliphatic carbocycles. The van der Waals surface area contributed by atoms with Gasteiger partial charge in [0.2, 0.25) is 0 Å². The maximum absolute atomic E-state index is 2.69. The average molecular weight is 197 g/mol. The largest absolute Gasteiger partial charge is 0.297 e. The van der Waals surface area contributed by atoms with Crippen LogP contribution in [0.5, 0.6) is 0 Å². The maximum Gasteiger partial charge on any atom is 0.0176 e. The van der Waals surface area contributed by atoms with Crippen molar-refractivity contribution in [1.82, 2.24) is 4.90 Å². The van der Waals surface area contributed by atoms with Gasteiger partial charge in [0.05, 0.1) is 0 Å². The number of nitrogens with zero attached hydrogens (tertiary/aromatic N) is 1. The standard InChI is InChI=1S/C13H27N/c1-7-12-9-14(8-11(12)4)13(5,6)10(2)3/h10-12H,7-9H2,1-6H3. The Kier molecular flexibility index (Phi) is 3.63. The van der Waals surface area contributed by atoms with Crippen molar-refractivity contribution >= 4 is 0 Å². The van der Waals surface area contributed by atoms with Gasteiger partial charge in [0.1, 0.15) is 0 Å². The molecule has 84 valence electrons. The molecule has 1 fully saturated rings. The van der Waals surface area contributed by atoms with Crippen LogP contribution in [0.15, 0.2) is 0 Å². The summed E-state index contributed by atoms with van der Waals surface area (Å²) >= 11 is 0. The Morgan fingerprint density at radius 2 is 1.86 bits per heavy atom. The van der Waals surface area contributed by atoms with Crippen LogP contribution in [0.25, 0.3) is 0 Å². The first-order chi connectivity index (χ1) is 6.39. The first-order valence-electron chi connectivity index (χ1n) is 6.14. The van der Waals surface area contributed by atoms with E-state index in [0.717, 1.165) is 17.8 Å². The fourth-order valence-corrected chi connectivity index (χ4v) is 2.40. The van der Waals surface area contributed by atoms with Crippen LogP contribution in [0.4, 0.5) is 0 Å². The highest BCUT2D eigenvalue weighted by molar-refractivity contribution is 4.92. The molecule has 1 saturated heterocycles. The second kappa shape index (κ2) is 4.22. The van der Waals surface area contributed by atoms with Crippen LogP contribution in [-0.4, -0.2) is 23.5 Å². The van der Waals surface area contributed by atoms with Gasteiger partial charge in [-0.25, -0.2) is 0 Å². The minimum absolute atomic E-state index is 0.373. The molecule has 0 aromatic rings. The smallest absolute Gasteiger partial charge is 0.0176 e. The zero-order valence-electron chi connectivity index (χ0n) is 10.8. The fourth-order valence-electron chi connectivity index (χ4n) is 2.40. The highest BCUT2D eigenvalue weighted by atomic mass is 15.2. The lowest BCUT2D eigenvalue weighted by Crippen LogP contribution is -2.46. The summed E-state index contributed by atoms with van der Waals surface area (Å²) in [6.45, 7) is 16.8. The summed E-state index contributed by atoms with van der Waals surface area (Å²) in [6.07, 6.45) is 1.34. The molecule has 0 aromatic heterocycles. The van der Waals surface area contributed by atoms with Gasteiger partial charge in [-0.3, -0.25) is 4.90 Å². The zero-order chi connectivity index (χ0) is 10.9. The van der Waals surface area contributed by atoms with Crippen molar-refractivity contribution in [2.75, 3.05) is 13.1 Å². The monoisotopic (exact) mass is 197 g/mol. The van der Waals surface area contributed by atoms with Gasteiger partial charge < -0.3 is 0 Å². The Labute approximate surface area is 89.9 Å². The Bertz CT molecular complexity index is 184. The summed E-state index contributed by atoms with van der Waals surface area (Å²) in [6, 6.07) is 0. The van der Waals surface area contributed by atoms with E-state index in [2.05, 4.69) is 46.4 Å². The molecule has 1 heteroatoms. The Morgan fingerprint density at radius 3 is 2.21 bits per heavy atom. The second-order valence-corrected chi connectivity index (χ2v) is 5.86. The lowest BCUT2D eigenvalue weighted by atomic mass is 9.89. The first-order valence-corrected chi connectivity index (χ1v) is 6.14. The summed E-state index contributed by atoms with van der Waals surface area (Å²) < 4.78 is 0. The molecular formula is C13H27N. The van der Waals surface area contributed by atoms with Gasteiger partial charge in [-0.15, -0.1) is 0 Å². The van der Waals surface area contributed by atoms with E-state index in [1.165, 1.54) is 19.5 Å². The third-order valence-corrected chi connectivity index (χ3v) is 4.52. The first kappa shape index (κ1) is 12.0. The lowest BCUT2D eigenvalue weighted by molar-refractivity contribution is 0.0972. The van der Waals surface area contributed by atoms with Crippen LogP contribution in [0.1, 0.15) is 48.0 Å². The Balaban J connectivity index is 2.65. The minimum atomic E-state index is 0.373. The van der Waals surface area contributed by atoms with Gasteiger partial charge in [0.25, 0.3) is 0 Å². The highest BCUT2D eigenvalue weighted by Gasteiger charge is 2.38. The molecule has 0 saturated carbocycles. The van der Waals surface area contributed by atoms with Gasteiger partial charge in [0, 0.05) is 18.6 Å². The van der Waals surface area contributed by atoms with Gasteiger partial charge in [-0.2, -0.15) is 0 Å². The van der Waals surface area contributed by atoms with E-state index < -0.39 is 0 Å². The number of hydrogen-bond acceptors (Lipinski definition) is 1. The van der Waals surface area contributed by atoms with Crippen molar-refractivity contribution in [2.45, 2.75) is 53.5 Å². The molecule has 1 aliphatic rings. The van der Waals surface area contributed by atoms with Crippen molar-refractivity contribution in [3.8, 4) is 0 Å². The predicted molar refractivity (Wildman–Crippen MR) is 63.4 cm³/mol. The van der Waals surface area contributed by atoms with Crippen LogP contribution < -0.4 is 0 Å². The minimum Gasteiger partial charge on any atom is -0.297 e. The third-order valence-electron chi connectivity index (χ3n) is 4.52. The second-order valence-electron chi connectivity index (χ2n) is 5.86.